The second-order valence-electron chi connectivity index (χ2n) is 5.30. The Morgan fingerprint density at radius 2 is 2.35 bits per heavy atom. The molecule has 0 bridgehead atoms. The molecule has 20 heavy (non-hydrogen) atoms. The summed E-state index contributed by atoms with van der Waals surface area (Å²) in [6.07, 6.45) is 6.36. The third kappa shape index (κ3) is 3.72. The summed E-state index contributed by atoms with van der Waals surface area (Å²) in [4.78, 5) is 29.7. The van der Waals surface area contributed by atoms with Crippen LogP contribution in [0.3, 0.4) is 0 Å². The Bertz CT molecular complexity index is 460. The van der Waals surface area contributed by atoms with Gasteiger partial charge in [-0.2, -0.15) is 0 Å². The van der Waals surface area contributed by atoms with E-state index in [0.717, 1.165) is 19.3 Å². The van der Waals surface area contributed by atoms with Gasteiger partial charge in [-0.1, -0.05) is 13.3 Å². The first-order chi connectivity index (χ1) is 9.56. The first kappa shape index (κ1) is 14.4. The monoisotopic (exact) mass is 280 g/mol. The SMILES string of the molecule is CC1CCCC1NC(=O)N[C@H](Cc1cnc[nH]1)C(=O)O. The minimum atomic E-state index is -1.06. The van der Waals surface area contributed by atoms with Crippen molar-refractivity contribution >= 4 is 12.0 Å². The maximum absolute atomic E-state index is 11.9. The van der Waals surface area contributed by atoms with Crippen LogP contribution in [0.5, 0.6) is 0 Å². The first-order valence-electron chi connectivity index (χ1n) is 6.83. The standard InChI is InChI=1S/C13H20N4O3/c1-8-3-2-4-10(8)16-13(20)17-11(12(18)19)5-9-6-14-7-15-9/h6-8,10-11H,2-5H2,1H3,(H,14,15)(H,18,19)(H2,16,17,20)/t8?,10?,11-/m1/s1. The molecule has 1 fully saturated rings. The summed E-state index contributed by atoms with van der Waals surface area (Å²) in [5, 5.41) is 14.5. The lowest BCUT2D eigenvalue weighted by atomic mass is 10.1. The molecule has 0 spiro atoms. The number of aliphatic carboxylic acids is 1. The summed E-state index contributed by atoms with van der Waals surface area (Å²) in [5.41, 5.74) is 0.673. The van der Waals surface area contributed by atoms with Crippen LogP contribution >= 0.6 is 0 Å². The van der Waals surface area contributed by atoms with E-state index in [1.54, 1.807) is 6.20 Å². The molecule has 2 rings (SSSR count). The van der Waals surface area contributed by atoms with Gasteiger partial charge in [0.15, 0.2) is 0 Å². The van der Waals surface area contributed by atoms with E-state index in [4.69, 9.17) is 5.11 Å². The fourth-order valence-electron chi connectivity index (χ4n) is 2.54. The Morgan fingerprint density at radius 1 is 1.55 bits per heavy atom. The minimum absolute atomic E-state index is 0.136. The Balaban J connectivity index is 1.87. The number of nitrogens with one attached hydrogen (secondary N) is 3. The van der Waals surface area contributed by atoms with Gasteiger partial charge in [0.2, 0.25) is 0 Å². The van der Waals surface area contributed by atoms with Crippen LogP contribution in [0.25, 0.3) is 0 Å². The Morgan fingerprint density at radius 3 is 2.90 bits per heavy atom. The van der Waals surface area contributed by atoms with E-state index in [-0.39, 0.29) is 12.5 Å². The molecule has 3 atom stereocenters. The molecule has 1 aliphatic rings. The zero-order chi connectivity index (χ0) is 14.5. The molecule has 1 heterocycles. The molecular formula is C13H20N4O3. The quantitative estimate of drug-likeness (QED) is 0.642. The smallest absolute Gasteiger partial charge is 0.326 e. The Hall–Kier alpha value is -2.05. The van der Waals surface area contributed by atoms with Crippen molar-refractivity contribution in [2.75, 3.05) is 0 Å². The van der Waals surface area contributed by atoms with E-state index in [2.05, 4.69) is 27.5 Å². The van der Waals surface area contributed by atoms with Gasteiger partial charge in [-0.3, -0.25) is 0 Å². The molecule has 1 aromatic rings. The lowest BCUT2D eigenvalue weighted by Crippen LogP contribution is -2.50. The normalized spacial score (nSPS) is 23.2. The number of carbonyl (C=O) groups is 2. The first-order valence-corrected chi connectivity index (χ1v) is 6.83. The lowest BCUT2D eigenvalue weighted by molar-refractivity contribution is -0.139. The van der Waals surface area contributed by atoms with Crippen molar-refractivity contribution < 1.29 is 14.7 Å². The molecule has 2 unspecified atom stereocenters. The van der Waals surface area contributed by atoms with Crippen molar-refractivity contribution in [1.82, 2.24) is 20.6 Å². The number of H-pyrrole nitrogens is 1. The van der Waals surface area contributed by atoms with E-state index < -0.39 is 18.0 Å². The number of carbonyl (C=O) groups excluding carboxylic acids is 1. The van der Waals surface area contributed by atoms with Crippen molar-refractivity contribution in [2.24, 2.45) is 5.92 Å². The average Bonchev–Trinajstić information content (AvgIpc) is 3.01. The third-order valence-electron chi connectivity index (χ3n) is 3.76. The molecule has 110 valence electrons. The van der Waals surface area contributed by atoms with E-state index in [9.17, 15) is 9.59 Å². The second-order valence-corrected chi connectivity index (χ2v) is 5.30. The van der Waals surface area contributed by atoms with Gasteiger partial charge < -0.3 is 20.7 Å². The molecule has 1 aromatic heterocycles. The van der Waals surface area contributed by atoms with Gasteiger partial charge in [-0.05, 0) is 18.8 Å². The highest BCUT2D eigenvalue weighted by Gasteiger charge is 2.27. The molecule has 4 N–H and O–H groups in total. The molecule has 1 aliphatic carbocycles. The number of rotatable bonds is 5. The Labute approximate surface area is 117 Å². The zero-order valence-corrected chi connectivity index (χ0v) is 11.4. The maximum atomic E-state index is 11.9. The summed E-state index contributed by atoms with van der Waals surface area (Å²) in [6.45, 7) is 2.09. The van der Waals surface area contributed by atoms with Gasteiger partial charge in [0.25, 0.3) is 0 Å². The van der Waals surface area contributed by atoms with Crippen molar-refractivity contribution in [1.29, 1.82) is 0 Å². The number of amides is 2. The summed E-state index contributed by atoms with van der Waals surface area (Å²) in [5.74, 6) is -0.620. The van der Waals surface area contributed by atoms with Gasteiger partial charge >= 0.3 is 12.0 Å². The molecule has 2 amide bonds. The highest BCUT2D eigenvalue weighted by Crippen LogP contribution is 2.24. The van der Waals surface area contributed by atoms with Crippen molar-refractivity contribution in [2.45, 2.75) is 44.7 Å². The second kappa shape index (κ2) is 6.40. The lowest BCUT2D eigenvalue weighted by Gasteiger charge is -2.20. The zero-order valence-electron chi connectivity index (χ0n) is 11.4. The number of aromatic nitrogens is 2. The van der Waals surface area contributed by atoms with E-state index in [1.807, 2.05) is 0 Å². The van der Waals surface area contributed by atoms with Crippen LogP contribution in [-0.2, 0) is 11.2 Å². The largest absolute Gasteiger partial charge is 0.480 e. The van der Waals surface area contributed by atoms with Gasteiger partial charge in [0, 0.05) is 24.4 Å². The molecule has 0 aliphatic heterocycles. The van der Waals surface area contributed by atoms with Gasteiger partial charge in [0.1, 0.15) is 6.04 Å². The summed E-state index contributed by atoms with van der Waals surface area (Å²) in [7, 11) is 0. The maximum Gasteiger partial charge on any atom is 0.326 e. The highest BCUT2D eigenvalue weighted by molar-refractivity contribution is 5.82. The third-order valence-corrected chi connectivity index (χ3v) is 3.76. The van der Waals surface area contributed by atoms with E-state index in [0.29, 0.717) is 11.6 Å². The fourth-order valence-corrected chi connectivity index (χ4v) is 2.54. The Kier molecular flexibility index (Phi) is 4.60. The van der Waals surface area contributed by atoms with Crippen LogP contribution in [0.4, 0.5) is 4.79 Å². The van der Waals surface area contributed by atoms with Gasteiger partial charge in [-0.25, -0.2) is 14.6 Å². The number of nitrogens with zero attached hydrogens (tertiary/aromatic N) is 1. The molecule has 0 aromatic carbocycles. The van der Waals surface area contributed by atoms with Crippen molar-refractivity contribution in [3.63, 3.8) is 0 Å². The van der Waals surface area contributed by atoms with Crippen LogP contribution in [0.15, 0.2) is 12.5 Å². The molecule has 7 heteroatoms. The minimum Gasteiger partial charge on any atom is -0.480 e. The number of urea groups is 1. The molecule has 7 nitrogen and oxygen atoms in total. The summed E-state index contributed by atoms with van der Waals surface area (Å²) >= 11 is 0. The van der Waals surface area contributed by atoms with Crippen molar-refractivity contribution in [3.05, 3.63) is 18.2 Å². The summed E-state index contributed by atoms with van der Waals surface area (Å²) < 4.78 is 0. The average molecular weight is 280 g/mol. The topological polar surface area (TPSA) is 107 Å². The number of aromatic amines is 1. The van der Waals surface area contributed by atoms with Crippen LogP contribution in [-0.4, -0.2) is 39.2 Å². The molecule has 0 radical (unpaired) electrons. The van der Waals surface area contributed by atoms with Crippen LogP contribution < -0.4 is 10.6 Å². The van der Waals surface area contributed by atoms with Crippen LogP contribution in [0, 0.1) is 5.92 Å². The number of carboxylic acids is 1. The fraction of sp³-hybridized carbons (Fsp3) is 0.615. The number of imidazole rings is 1. The van der Waals surface area contributed by atoms with Gasteiger partial charge in [-0.15, -0.1) is 0 Å². The van der Waals surface area contributed by atoms with E-state index >= 15 is 0 Å². The number of carboxylic acid groups (broad SMARTS) is 1. The van der Waals surface area contributed by atoms with Crippen molar-refractivity contribution in [3.8, 4) is 0 Å². The van der Waals surface area contributed by atoms with Gasteiger partial charge in [0.05, 0.1) is 6.33 Å². The molecular weight excluding hydrogens is 260 g/mol. The van der Waals surface area contributed by atoms with E-state index in [1.165, 1.54) is 6.33 Å². The summed E-state index contributed by atoms with van der Waals surface area (Å²) in [6, 6.07) is -1.25. The number of hydrogen-bond acceptors (Lipinski definition) is 3. The van der Waals surface area contributed by atoms with Crippen LogP contribution in [0.1, 0.15) is 31.9 Å². The predicted molar refractivity (Wildman–Crippen MR) is 72.2 cm³/mol. The molecule has 1 saturated carbocycles. The highest BCUT2D eigenvalue weighted by atomic mass is 16.4. The number of hydrogen-bond donors (Lipinski definition) is 4. The predicted octanol–water partition coefficient (Wildman–Crippen LogP) is 0.893. The molecule has 0 saturated heterocycles. The van der Waals surface area contributed by atoms with Crippen LogP contribution in [0.2, 0.25) is 0 Å².